The number of sulfonamides is 1. The Morgan fingerprint density at radius 2 is 1.94 bits per heavy atom. The first-order valence-corrected chi connectivity index (χ1v) is 6.27. The summed E-state index contributed by atoms with van der Waals surface area (Å²) in [5.41, 5.74) is 0.467. The Bertz CT molecular complexity index is 647. The zero-order chi connectivity index (χ0) is 11.8. The van der Waals surface area contributed by atoms with E-state index in [1.165, 1.54) is 19.2 Å². The van der Waals surface area contributed by atoms with Gasteiger partial charge in [0.05, 0.1) is 15.4 Å². The largest absolute Gasteiger partial charge is 0.547 e. The number of benzene rings is 1. The molecule has 0 N–H and O–H groups in total. The van der Waals surface area contributed by atoms with Crippen molar-refractivity contribution in [2.24, 2.45) is 0 Å². The van der Waals surface area contributed by atoms with Gasteiger partial charge in [0.25, 0.3) is 0 Å². The van der Waals surface area contributed by atoms with Crippen LogP contribution in [0.5, 0.6) is 0 Å². The Balaban J connectivity index is 0.00000144. The Morgan fingerprint density at radius 1 is 1.28 bits per heavy atom. The summed E-state index contributed by atoms with van der Waals surface area (Å²) < 4.78 is 26.7. The molecule has 7 heteroatoms. The number of halogens is 1. The van der Waals surface area contributed by atoms with Gasteiger partial charge in [0.2, 0.25) is 0 Å². The molecule has 0 unspecified atom stereocenters. The van der Waals surface area contributed by atoms with E-state index < -0.39 is 10.0 Å². The molecule has 1 aromatic carbocycles. The fourth-order valence-electron chi connectivity index (χ4n) is 1.44. The maximum atomic E-state index is 11.7. The van der Waals surface area contributed by atoms with Crippen molar-refractivity contribution in [1.82, 2.24) is 4.98 Å². The molecule has 0 saturated carbocycles. The summed E-state index contributed by atoms with van der Waals surface area (Å²) in [5, 5.41) is 0.909. The average Bonchev–Trinajstić information content (AvgIpc) is 2.29. The number of fused-ring (bicyclic) bond motifs is 1. The standard InChI is InChI=1S/C10H8ClN2O2S.CH3.Y/c1-12-16(14,15)9-5-4-8(11)10-7(9)3-2-6-13-10;;/h2-6H,1H3;1H3;/q2*-1;. The topological polar surface area (TPSA) is 61.1 Å². The van der Waals surface area contributed by atoms with E-state index >= 15 is 0 Å². The van der Waals surface area contributed by atoms with Crippen molar-refractivity contribution in [3.63, 3.8) is 0 Å². The van der Waals surface area contributed by atoms with E-state index in [1.807, 2.05) is 0 Å². The van der Waals surface area contributed by atoms with Crippen molar-refractivity contribution in [2.45, 2.75) is 4.90 Å². The third kappa shape index (κ3) is 3.28. The van der Waals surface area contributed by atoms with Gasteiger partial charge in [0.15, 0.2) is 0 Å². The van der Waals surface area contributed by atoms with E-state index in [4.69, 9.17) is 11.6 Å². The van der Waals surface area contributed by atoms with Crippen LogP contribution in [-0.4, -0.2) is 20.4 Å². The first kappa shape index (κ1) is 17.9. The first-order valence-electron chi connectivity index (χ1n) is 4.45. The summed E-state index contributed by atoms with van der Waals surface area (Å²) in [5.74, 6) is 0. The predicted molar refractivity (Wildman–Crippen MR) is 69.6 cm³/mol. The molecule has 0 amide bonds. The molecule has 0 aliphatic carbocycles. The zero-order valence-electron chi connectivity index (χ0n) is 9.96. The summed E-state index contributed by atoms with van der Waals surface area (Å²) in [4.78, 5) is 4.18. The summed E-state index contributed by atoms with van der Waals surface area (Å²) >= 11 is 5.93. The van der Waals surface area contributed by atoms with Crippen LogP contribution in [0.1, 0.15) is 0 Å². The summed E-state index contributed by atoms with van der Waals surface area (Å²) in [6, 6.07) is 6.27. The van der Waals surface area contributed by atoms with Gasteiger partial charge < -0.3 is 12.1 Å². The molecule has 0 aliphatic rings. The molecule has 2 rings (SSSR count). The maximum absolute atomic E-state index is 11.7. The third-order valence-corrected chi connectivity index (χ3v) is 3.90. The van der Waals surface area contributed by atoms with Crippen LogP contribution in [0.2, 0.25) is 5.02 Å². The monoisotopic (exact) mass is 359 g/mol. The van der Waals surface area contributed by atoms with E-state index in [1.54, 1.807) is 18.3 Å². The molecule has 0 bridgehead atoms. The first-order chi connectivity index (χ1) is 7.56. The van der Waals surface area contributed by atoms with Crippen molar-refractivity contribution in [2.75, 3.05) is 7.05 Å². The second kappa shape index (κ2) is 6.92. The third-order valence-electron chi connectivity index (χ3n) is 2.20. The SMILES string of the molecule is C[N-]S(=O)(=O)c1ccc(Cl)c2ncccc12.[CH3-].[Y]. The fourth-order valence-corrected chi connectivity index (χ4v) is 2.53. The van der Waals surface area contributed by atoms with E-state index in [0.717, 1.165) is 0 Å². The van der Waals surface area contributed by atoms with Gasteiger partial charge in [-0.05, 0) is 24.3 Å². The van der Waals surface area contributed by atoms with Crippen LogP contribution >= 0.6 is 11.6 Å². The normalized spacial score (nSPS) is 10.6. The molecule has 0 spiro atoms. The number of hydrogen-bond acceptors (Lipinski definition) is 3. The summed E-state index contributed by atoms with van der Waals surface area (Å²) in [7, 11) is -2.37. The van der Waals surface area contributed by atoms with Crippen molar-refractivity contribution < 1.29 is 41.1 Å². The zero-order valence-corrected chi connectivity index (χ0v) is 14.4. The van der Waals surface area contributed by atoms with Crippen LogP contribution in [0, 0.1) is 7.43 Å². The molecular weight excluding hydrogens is 349 g/mol. The molecule has 4 nitrogen and oxygen atoms in total. The van der Waals surface area contributed by atoms with Crippen molar-refractivity contribution in [1.29, 1.82) is 0 Å². The van der Waals surface area contributed by atoms with Crippen LogP contribution in [0.3, 0.4) is 0 Å². The van der Waals surface area contributed by atoms with Gasteiger partial charge in [-0.1, -0.05) is 11.6 Å². The molecule has 1 aromatic heterocycles. The number of rotatable bonds is 2. The second-order valence-corrected chi connectivity index (χ2v) is 5.27. The molecule has 2 aromatic rings. The van der Waals surface area contributed by atoms with E-state index in [2.05, 4.69) is 9.71 Å². The van der Waals surface area contributed by atoms with Crippen molar-refractivity contribution in [3.05, 3.63) is 47.6 Å². The maximum Gasteiger partial charge on any atom is 0.101 e. The fraction of sp³-hybridized carbons (Fsp3) is 0.0909. The molecule has 0 fully saturated rings. The molecule has 18 heavy (non-hydrogen) atoms. The minimum absolute atomic E-state index is 0. The van der Waals surface area contributed by atoms with Crippen LogP contribution in [0.15, 0.2) is 35.4 Å². The average molecular weight is 360 g/mol. The van der Waals surface area contributed by atoms with E-state index in [-0.39, 0.29) is 45.0 Å². The number of aromatic nitrogens is 1. The number of pyridine rings is 1. The van der Waals surface area contributed by atoms with Gasteiger partial charge in [-0.15, -0.1) is 0 Å². The molecule has 95 valence electrons. The second-order valence-electron chi connectivity index (χ2n) is 3.10. The van der Waals surface area contributed by atoms with Crippen LogP contribution < -0.4 is 0 Å². The summed E-state index contributed by atoms with van der Waals surface area (Å²) in [6.07, 6.45) is 1.56. The Morgan fingerprint density at radius 3 is 2.56 bits per heavy atom. The number of nitrogens with zero attached hydrogens (tertiary/aromatic N) is 2. The van der Waals surface area contributed by atoms with Crippen LogP contribution in [-0.2, 0) is 42.7 Å². The molecule has 1 heterocycles. The summed E-state index contributed by atoms with van der Waals surface area (Å²) in [6.45, 7) is 0. The molecule has 1 radical (unpaired) electrons. The number of hydrogen-bond donors (Lipinski definition) is 0. The smallest absolute Gasteiger partial charge is 0.101 e. The van der Waals surface area contributed by atoms with E-state index in [9.17, 15) is 8.42 Å². The van der Waals surface area contributed by atoms with Crippen LogP contribution in [0.4, 0.5) is 0 Å². The Hall–Kier alpha value is -0.0661. The van der Waals surface area contributed by atoms with Crippen molar-refractivity contribution >= 4 is 32.5 Å². The molecule has 0 saturated heterocycles. The molecule has 0 aliphatic heterocycles. The van der Waals surface area contributed by atoms with Crippen molar-refractivity contribution in [3.8, 4) is 0 Å². The minimum atomic E-state index is -3.62. The molecule has 0 atom stereocenters. The van der Waals surface area contributed by atoms with Gasteiger partial charge in [-0.3, -0.25) is 4.98 Å². The van der Waals surface area contributed by atoms with Gasteiger partial charge in [-0.2, -0.15) is 7.05 Å². The molecular formula is C11H11ClN2O2SY-2. The van der Waals surface area contributed by atoms with Gasteiger partial charge in [0, 0.05) is 44.3 Å². The quantitative estimate of drug-likeness (QED) is 0.774. The Kier molecular flexibility index (Phi) is 6.89. The Labute approximate surface area is 137 Å². The minimum Gasteiger partial charge on any atom is -0.547 e. The predicted octanol–water partition coefficient (Wildman–Crippen LogP) is 3.03. The van der Waals surface area contributed by atoms with Crippen LogP contribution in [0.25, 0.3) is 15.6 Å². The van der Waals surface area contributed by atoms with E-state index in [0.29, 0.717) is 15.9 Å². The van der Waals surface area contributed by atoms with Gasteiger partial charge in [-0.25, -0.2) is 8.42 Å². The van der Waals surface area contributed by atoms with Gasteiger partial charge in [0.1, 0.15) is 10.0 Å². The van der Waals surface area contributed by atoms with Gasteiger partial charge >= 0.3 is 0 Å².